The maximum absolute atomic E-state index is 13.5. The highest BCUT2D eigenvalue weighted by Gasteiger charge is 2.30. The number of likely N-dealkylation sites (N-methyl/N-ethyl adjacent to an activating group) is 1. The predicted molar refractivity (Wildman–Crippen MR) is 56.3 cm³/mol. The lowest BCUT2D eigenvalue weighted by Crippen LogP contribution is -2.38. The summed E-state index contributed by atoms with van der Waals surface area (Å²) in [6.07, 6.45) is 0.618. The standard InChI is InChI=1S/C11H13F3N2O/c1-6-9(3-4-17-6)16(2)11-8(13)5-7(12)10(14)15-11/h5-6,9H,3-4H2,1-2H3. The first kappa shape index (κ1) is 12.2. The lowest BCUT2D eigenvalue weighted by atomic mass is 10.1. The first-order chi connectivity index (χ1) is 8.00. The van der Waals surface area contributed by atoms with E-state index in [9.17, 15) is 13.2 Å². The van der Waals surface area contributed by atoms with E-state index in [1.807, 2.05) is 6.92 Å². The molecule has 0 aromatic carbocycles. The summed E-state index contributed by atoms with van der Waals surface area (Å²) in [5, 5.41) is 0. The van der Waals surface area contributed by atoms with Crippen LogP contribution < -0.4 is 4.90 Å². The maximum Gasteiger partial charge on any atom is 0.251 e. The third-order valence-electron chi connectivity index (χ3n) is 3.04. The molecule has 1 aromatic rings. The number of hydrogen-bond donors (Lipinski definition) is 0. The number of pyridine rings is 1. The fourth-order valence-electron chi connectivity index (χ4n) is 2.07. The highest BCUT2D eigenvalue weighted by Crippen LogP contribution is 2.25. The summed E-state index contributed by atoms with van der Waals surface area (Å²) in [6.45, 7) is 2.42. The Hall–Kier alpha value is -1.30. The van der Waals surface area contributed by atoms with Gasteiger partial charge >= 0.3 is 0 Å². The van der Waals surface area contributed by atoms with E-state index in [1.54, 1.807) is 7.05 Å². The molecule has 94 valence electrons. The van der Waals surface area contributed by atoms with Gasteiger partial charge in [0.25, 0.3) is 5.95 Å². The molecular formula is C11H13F3N2O. The Labute approximate surface area is 97.2 Å². The van der Waals surface area contributed by atoms with Crippen LogP contribution in [0.3, 0.4) is 0 Å². The minimum absolute atomic E-state index is 0.0816. The van der Waals surface area contributed by atoms with Crippen molar-refractivity contribution in [1.82, 2.24) is 4.98 Å². The van der Waals surface area contributed by atoms with Crippen molar-refractivity contribution in [1.29, 1.82) is 0 Å². The number of aromatic nitrogens is 1. The number of halogens is 3. The van der Waals surface area contributed by atoms with Gasteiger partial charge in [0.2, 0.25) is 0 Å². The summed E-state index contributed by atoms with van der Waals surface area (Å²) in [5.41, 5.74) is 0. The van der Waals surface area contributed by atoms with Crippen molar-refractivity contribution in [2.45, 2.75) is 25.5 Å². The summed E-state index contributed by atoms with van der Waals surface area (Å²) >= 11 is 0. The van der Waals surface area contributed by atoms with E-state index in [0.29, 0.717) is 19.1 Å². The van der Waals surface area contributed by atoms with E-state index in [4.69, 9.17) is 4.74 Å². The van der Waals surface area contributed by atoms with Crippen LogP contribution in [-0.2, 0) is 4.74 Å². The minimum atomic E-state index is -1.29. The summed E-state index contributed by atoms with van der Waals surface area (Å²) in [6, 6.07) is 0.427. The lowest BCUT2D eigenvalue weighted by Gasteiger charge is -2.27. The first-order valence-corrected chi connectivity index (χ1v) is 5.36. The normalized spacial score (nSPS) is 24.1. The zero-order chi connectivity index (χ0) is 12.6. The van der Waals surface area contributed by atoms with Gasteiger partial charge < -0.3 is 9.64 Å². The van der Waals surface area contributed by atoms with Crippen molar-refractivity contribution < 1.29 is 17.9 Å². The molecule has 2 rings (SSSR count). The number of hydrogen-bond acceptors (Lipinski definition) is 3. The third kappa shape index (κ3) is 2.22. The molecule has 2 unspecified atom stereocenters. The van der Waals surface area contributed by atoms with E-state index in [0.717, 1.165) is 0 Å². The van der Waals surface area contributed by atoms with Crippen LogP contribution in [0.2, 0.25) is 0 Å². The number of anilines is 1. The van der Waals surface area contributed by atoms with E-state index in [2.05, 4.69) is 4.98 Å². The predicted octanol–water partition coefficient (Wildman–Crippen LogP) is 2.11. The molecule has 1 saturated heterocycles. The van der Waals surface area contributed by atoms with Gasteiger partial charge in [-0.15, -0.1) is 0 Å². The Morgan fingerprint density at radius 3 is 2.65 bits per heavy atom. The Kier molecular flexibility index (Phi) is 3.24. The van der Waals surface area contributed by atoms with Gasteiger partial charge in [-0.3, -0.25) is 0 Å². The number of ether oxygens (including phenoxy) is 1. The molecular weight excluding hydrogens is 233 g/mol. The van der Waals surface area contributed by atoms with Crippen molar-refractivity contribution >= 4 is 5.82 Å². The van der Waals surface area contributed by atoms with Crippen LogP contribution in [0.1, 0.15) is 13.3 Å². The van der Waals surface area contributed by atoms with Crippen LogP contribution in [0.25, 0.3) is 0 Å². The van der Waals surface area contributed by atoms with Gasteiger partial charge in [-0.05, 0) is 13.3 Å². The SMILES string of the molecule is CC1OCCC1N(C)c1nc(F)c(F)cc1F. The van der Waals surface area contributed by atoms with Gasteiger partial charge in [0, 0.05) is 19.7 Å². The summed E-state index contributed by atoms with van der Waals surface area (Å²) in [7, 11) is 1.60. The molecule has 2 atom stereocenters. The molecule has 0 N–H and O–H groups in total. The van der Waals surface area contributed by atoms with E-state index >= 15 is 0 Å². The maximum atomic E-state index is 13.5. The monoisotopic (exact) mass is 246 g/mol. The van der Waals surface area contributed by atoms with Crippen molar-refractivity contribution in [3.63, 3.8) is 0 Å². The van der Waals surface area contributed by atoms with Crippen molar-refractivity contribution in [2.24, 2.45) is 0 Å². The molecule has 0 amide bonds. The van der Waals surface area contributed by atoms with Crippen LogP contribution >= 0.6 is 0 Å². The highest BCUT2D eigenvalue weighted by atomic mass is 19.2. The highest BCUT2D eigenvalue weighted by molar-refractivity contribution is 5.41. The Balaban J connectivity index is 2.30. The Morgan fingerprint density at radius 1 is 1.35 bits per heavy atom. The van der Waals surface area contributed by atoms with E-state index in [-0.39, 0.29) is 18.0 Å². The van der Waals surface area contributed by atoms with Gasteiger partial charge in [-0.1, -0.05) is 0 Å². The fourth-order valence-corrected chi connectivity index (χ4v) is 2.07. The van der Waals surface area contributed by atoms with Crippen LogP contribution in [-0.4, -0.2) is 30.8 Å². The van der Waals surface area contributed by atoms with Gasteiger partial charge in [0.05, 0.1) is 12.1 Å². The summed E-state index contributed by atoms with van der Waals surface area (Å²) in [5.74, 6) is -3.63. The quantitative estimate of drug-likeness (QED) is 0.747. The third-order valence-corrected chi connectivity index (χ3v) is 3.04. The van der Waals surface area contributed by atoms with Crippen LogP contribution in [0, 0.1) is 17.6 Å². The average Bonchev–Trinajstić information content (AvgIpc) is 2.69. The van der Waals surface area contributed by atoms with Crippen LogP contribution in [0.4, 0.5) is 19.0 Å². The van der Waals surface area contributed by atoms with Gasteiger partial charge in [-0.2, -0.15) is 9.37 Å². The summed E-state index contributed by atoms with van der Waals surface area (Å²) < 4.78 is 44.6. The molecule has 17 heavy (non-hydrogen) atoms. The first-order valence-electron chi connectivity index (χ1n) is 5.36. The largest absolute Gasteiger partial charge is 0.376 e. The van der Waals surface area contributed by atoms with Crippen molar-refractivity contribution in [2.75, 3.05) is 18.6 Å². The van der Waals surface area contributed by atoms with Crippen molar-refractivity contribution in [3.8, 4) is 0 Å². The van der Waals surface area contributed by atoms with Crippen molar-refractivity contribution in [3.05, 3.63) is 23.6 Å². The minimum Gasteiger partial charge on any atom is -0.376 e. The molecule has 1 aliphatic rings. The molecule has 6 heteroatoms. The molecule has 2 heterocycles. The number of nitrogens with zero attached hydrogens (tertiary/aromatic N) is 2. The molecule has 1 fully saturated rings. The van der Waals surface area contributed by atoms with Gasteiger partial charge in [0.1, 0.15) is 0 Å². The molecule has 1 aromatic heterocycles. The average molecular weight is 246 g/mol. The Morgan fingerprint density at radius 2 is 2.06 bits per heavy atom. The summed E-state index contributed by atoms with van der Waals surface area (Å²) in [4.78, 5) is 4.80. The second-order valence-corrected chi connectivity index (χ2v) is 4.11. The molecule has 0 radical (unpaired) electrons. The van der Waals surface area contributed by atoms with E-state index < -0.39 is 17.6 Å². The second-order valence-electron chi connectivity index (χ2n) is 4.11. The van der Waals surface area contributed by atoms with Gasteiger partial charge in [-0.25, -0.2) is 8.78 Å². The molecule has 0 saturated carbocycles. The van der Waals surface area contributed by atoms with E-state index in [1.165, 1.54) is 4.90 Å². The number of rotatable bonds is 2. The van der Waals surface area contributed by atoms with Crippen LogP contribution in [0.15, 0.2) is 6.07 Å². The molecule has 0 aliphatic carbocycles. The van der Waals surface area contributed by atoms with Gasteiger partial charge in [0.15, 0.2) is 17.5 Å². The second kappa shape index (κ2) is 4.52. The molecule has 0 spiro atoms. The Bertz CT molecular complexity index is 427. The fraction of sp³-hybridized carbons (Fsp3) is 0.545. The zero-order valence-corrected chi connectivity index (χ0v) is 9.58. The smallest absolute Gasteiger partial charge is 0.251 e. The van der Waals surface area contributed by atoms with Crippen LogP contribution in [0.5, 0.6) is 0 Å². The molecule has 1 aliphatic heterocycles. The molecule has 3 nitrogen and oxygen atoms in total. The lowest BCUT2D eigenvalue weighted by molar-refractivity contribution is 0.118. The molecule has 0 bridgehead atoms. The topological polar surface area (TPSA) is 25.4 Å². The zero-order valence-electron chi connectivity index (χ0n) is 9.58.